The van der Waals surface area contributed by atoms with E-state index in [9.17, 15) is 0 Å². The number of fused-ring (bicyclic) bond motifs is 3. The van der Waals surface area contributed by atoms with Gasteiger partial charge in [0.2, 0.25) is 0 Å². The number of para-hydroxylation sites is 1. The van der Waals surface area contributed by atoms with Gasteiger partial charge in [-0.2, -0.15) is 13.2 Å². The highest BCUT2D eigenvalue weighted by Crippen LogP contribution is 2.46. The van der Waals surface area contributed by atoms with Crippen LogP contribution in [0, 0.1) is 6.92 Å². The summed E-state index contributed by atoms with van der Waals surface area (Å²) in [5, 5.41) is 1.88. The highest BCUT2D eigenvalue weighted by atomic mass is 19.4. The zero-order valence-corrected chi connectivity index (χ0v) is 35.6. The smallest absolute Gasteiger partial charge is 0.308 e. The molecule has 0 aliphatic carbocycles. The molecule has 0 amide bonds. The zero-order chi connectivity index (χ0) is 44.8. The number of alkyl halides is 3. The molecule has 8 aromatic carbocycles. The van der Waals surface area contributed by atoms with Crippen molar-refractivity contribution in [3.8, 4) is 84.6 Å². The molecule has 3 heterocycles. The van der Waals surface area contributed by atoms with Crippen LogP contribution in [0.3, 0.4) is 0 Å². The molecule has 0 aliphatic heterocycles. The first kappa shape index (κ1) is 40.3. The van der Waals surface area contributed by atoms with E-state index in [0.717, 1.165) is 60.8 Å². The fraction of sp³-hybridized carbons (Fsp3) is 0.0345. The lowest BCUT2D eigenvalue weighted by molar-refractivity contribution is -0.137. The predicted octanol–water partition coefficient (Wildman–Crippen LogP) is 15.4. The number of hydrogen-bond acceptors (Lipinski definition) is 4. The predicted molar refractivity (Wildman–Crippen MR) is 260 cm³/mol. The maximum absolute atomic E-state index is 15.7. The molecule has 0 saturated carbocycles. The molecule has 11 aromatic rings. The van der Waals surface area contributed by atoms with Crippen molar-refractivity contribution >= 4 is 21.8 Å². The summed E-state index contributed by atoms with van der Waals surface area (Å²) >= 11 is 0. The van der Waals surface area contributed by atoms with Gasteiger partial charge < -0.3 is 4.57 Å². The van der Waals surface area contributed by atoms with Crippen LogP contribution < -0.4 is 0 Å². The Morgan fingerprint density at radius 3 is 1.32 bits per heavy atom. The SMILES string of the molecule is Cc1ccccc1-c1ccc2c(c1)c1ccccc1n2-c1c(-c2cc(-c3ccccc3)nc(-c3ccccc3)n2)cc(C(F)(F)F)cc1-c1cc(-c2ccccc2)nc(-c2ccccc2)n1. The number of nitrogens with zero attached hydrogens (tertiary/aromatic N) is 5. The average Bonchev–Trinajstić information content (AvgIpc) is 3.70. The van der Waals surface area contributed by atoms with Crippen molar-refractivity contribution < 1.29 is 13.2 Å². The van der Waals surface area contributed by atoms with Gasteiger partial charge in [0.25, 0.3) is 0 Å². The third kappa shape index (κ3) is 7.48. The van der Waals surface area contributed by atoms with Gasteiger partial charge in [-0.3, -0.25) is 0 Å². The zero-order valence-electron chi connectivity index (χ0n) is 35.6. The summed E-state index contributed by atoms with van der Waals surface area (Å²) < 4.78 is 49.2. The van der Waals surface area contributed by atoms with E-state index in [4.69, 9.17) is 19.9 Å². The molecule has 0 unspecified atom stereocenters. The maximum Gasteiger partial charge on any atom is 0.416 e. The number of hydrogen-bond donors (Lipinski definition) is 0. The van der Waals surface area contributed by atoms with Gasteiger partial charge in [-0.15, -0.1) is 0 Å². The lowest BCUT2D eigenvalue weighted by Gasteiger charge is -2.22. The first-order valence-electron chi connectivity index (χ1n) is 21.6. The second-order valence-corrected chi connectivity index (χ2v) is 16.2. The largest absolute Gasteiger partial charge is 0.416 e. The van der Waals surface area contributed by atoms with E-state index in [1.54, 1.807) is 12.1 Å². The molecule has 0 radical (unpaired) electrons. The van der Waals surface area contributed by atoms with Crippen LogP contribution in [0.5, 0.6) is 0 Å². The van der Waals surface area contributed by atoms with Gasteiger partial charge in [0.1, 0.15) is 0 Å². The highest BCUT2D eigenvalue weighted by Gasteiger charge is 2.34. The number of aromatic nitrogens is 5. The Balaban J connectivity index is 1.30. The second-order valence-electron chi connectivity index (χ2n) is 16.2. The third-order valence-electron chi connectivity index (χ3n) is 12.0. The van der Waals surface area contributed by atoms with Crippen molar-refractivity contribution in [2.24, 2.45) is 0 Å². The number of aryl methyl sites for hydroxylation is 1. The van der Waals surface area contributed by atoms with Gasteiger partial charge in [0.15, 0.2) is 11.6 Å². The molecule has 0 saturated heterocycles. The molecule has 0 spiro atoms. The van der Waals surface area contributed by atoms with Crippen LogP contribution in [0.2, 0.25) is 0 Å². The Labute approximate surface area is 379 Å². The van der Waals surface area contributed by atoms with Gasteiger partial charge in [-0.1, -0.05) is 170 Å². The standard InChI is InChI=1S/C58H38F3N5/c1-37-18-14-15-27-44(37)42-30-31-54-46(32-42)45-28-16-17-29-53(45)66(54)55-47(51-35-49(38-19-6-2-7-20-38)62-56(64-51)40-23-10-4-11-24-40)33-43(58(59,60)61)34-48(55)52-36-50(39-21-8-3-9-22-39)63-57(65-52)41-25-12-5-13-26-41/h2-36H,1H3. The van der Waals surface area contributed by atoms with E-state index in [1.807, 2.05) is 152 Å². The molecule has 0 atom stereocenters. The van der Waals surface area contributed by atoms with E-state index in [2.05, 4.69) is 47.9 Å². The molecule has 8 heteroatoms. The molecule has 316 valence electrons. The normalized spacial score (nSPS) is 11.6. The van der Waals surface area contributed by atoms with Crippen LogP contribution in [0.25, 0.3) is 106 Å². The number of halogens is 3. The second kappa shape index (κ2) is 16.6. The van der Waals surface area contributed by atoms with Gasteiger partial charge in [-0.25, -0.2) is 19.9 Å². The van der Waals surface area contributed by atoms with Crippen LogP contribution >= 0.6 is 0 Å². The number of rotatable bonds is 8. The Bertz CT molecular complexity index is 3310. The molecular formula is C58H38F3N5. The van der Waals surface area contributed by atoms with Crippen LogP contribution in [-0.2, 0) is 6.18 Å². The number of benzene rings is 8. The first-order chi connectivity index (χ1) is 32.3. The van der Waals surface area contributed by atoms with Crippen LogP contribution in [0.4, 0.5) is 13.2 Å². The van der Waals surface area contributed by atoms with E-state index in [1.165, 1.54) is 12.1 Å². The molecular weight excluding hydrogens is 824 g/mol. The summed E-state index contributed by atoms with van der Waals surface area (Å²) in [6.45, 7) is 2.09. The van der Waals surface area contributed by atoms with Crippen LogP contribution in [-0.4, -0.2) is 24.5 Å². The Morgan fingerprint density at radius 1 is 0.364 bits per heavy atom. The molecule has 0 fully saturated rings. The van der Waals surface area contributed by atoms with Crippen molar-refractivity contribution in [2.45, 2.75) is 13.1 Å². The molecule has 66 heavy (non-hydrogen) atoms. The van der Waals surface area contributed by atoms with Crippen molar-refractivity contribution in [1.29, 1.82) is 0 Å². The Morgan fingerprint density at radius 2 is 0.803 bits per heavy atom. The minimum Gasteiger partial charge on any atom is -0.308 e. The van der Waals surface area contributed by atoms with E-state index >= 15 is 13.2 Å². The molecule has 11 rings (SSSR count). The molecule has 0 N–H and O–H groups in total. The topological polar surface area (TPSA) is 56.5 Å². The van der Waals surface area contributed by atoms with E-state index < -0.39 is 11.7 Å². The summed E-state index contributed by atoms with van der Waals surface area (Å²) in [5.41, 5.74) is 9.79. The van der Waals surface area contributed by atoms with E-state index in [0.29, 0.717) is 40.1 Å². The third-order valence-corrected chi connectivity index (χ3v) is 12.0. The fourth-order valence-corrected chi connectivity index (χ4v) is 8.82. The van der Waals surface area contributed by atoms with Gasteiger partial charge in [-0.05, 0) is 66.1 Å². The molecule has 3 aromatic heterocycles. The van der Waals surface area contributed by atoms with Gasteiger partial charge in [0, 0.05) is 44.2 Å². The minimum absolute atomic E-state index is 0.253. The summed E-state index contributed by atoms with van der Waals surface area (Å²) in [4.78, 5) is 20.4. The van der Waals surface area contributed by atoms with Crippen molar-refractivity contribution in [1.82, 2.24) is 24.5 Å². The summed E-state index contributed by atoms with van der Waals surface area (Å²) in [6, 6.07) is 66.9. The van der Waals surface area contributed by atoms with Crippen molar-refractivity contribution in [3.05, 3.63) is 223 Å². The maximum atomic E-state index is 15.7. The fourth-order valence-electron chi connectivity index (χ4n) is 8.82. The van der Waals surface area contributed by atoms with Gasteiger partial charge >= 0.3 is 6.18 Å². The Hall–Kier alpha value is -8.49. The van der Waals surface area contributed by atoms with Crippen LogP contribution in [0.1, 0.15) is 11.1 Å². The summed E-state index contributed by atoms with van der Waals surface area (Å²) in [5.74, 6) is 0.753. The first-order valence-corrected chi connectivity index (χ1v) is 21.6. The highest BCUT2D eigenvalue weighted by molar-refractivity contribution is 6.12. The molecule has 0 bridgehead atoms. The molecule has 0 aliphatic rings. The quantitative estimate of drug-likeness (QED) is 0.153. The minimum atomic E-state index is -4.75. The van der Waals surface area contributed by atoms with E-state index in [-0.39, 0.29) is 11.1 Å². The summed E-state index contributed by atoms with van der Waals surface area (Å²) in [7, 11) is 0. The van der Waals surface area contributed by atoms with Crippen molar-refractivity contribution in [3.63, 3.8) is 0 Å². The Kier molecular flexibility index (Phi) is 10.1. The lowest BCUT2D eigenvalue weighted by atomic mass is 9.95. The molecule has 5 nitrogen and oxygen atoms in total. The summed E-state index contributed by atoms with van der Waals surface area (Å²) in [6.07, 6.45) is -4.75. The van der Waals surface area contributed by atoms with Gasteiger partial charge in [0.05, 0.1) is 45.1 Å². The van der Waals surface area contributed by atoms with Crippen molar-refractivity contribution in [2.75, 3.05) is 0 Å². The average molecular weight is 862 g/mol. The monoisotopic (exact) mass is 861 g/mol. The van der Waals surface area contributed by atoms with Crippen LogP contribution in [0.15, 0.2) is 212 Å². The lowest BCUT2D eigenvalue weighted by Crippen LogP contribution is -2.10.